The molecule has 0 saturated carbocycles. The summed E-state index contributed by atoms with van der Waals surface area (Å²) in [5, 5.41) is 8.15. The Morgan fingerprint density at radius 2 is 2.36 bits per heavy atom. The second kappa shape index (κ2) is 6.41. The Morgan fingerprint density at radius 3 is 2.82 bits per heavy atom. The predicted octanol–water partition coefficient (Wildman–Crippen LogP) is -1.49. The summed E-state index contributed by atoms with van der Waals surface area (Å²) >= 11 is 1.48. The lowest BCUT2D eigenvalue weighted by atomic mass is 10.3. The second-order valence-electron chi connectivity index (χ2n) is 1.95. The van der Waals surface area contributed by atoms with E-state index in [0.717, 1.165) is 5.75 Å². The fourth-order valence-corrected chi connectivity index (χ4v) is 1.19. The minimum atomic E-state index is -0.656. The SMILES string of the molecule is NCCSC[C@H](N)C(=O)NO. The van der Waals surface area contributed by atoms with E-state index in [1.54, 1.807) is 0 Å². The molecule has 0 bridgehead atoms. The number of carbonyl (C=O) groups is 1. The fraction of sp³-hybridized carbons (Fsp3) is 0.800. The molecule has 0 aromatic heterocycles. The summed E-state index contributed by atoms with van der Waals surface area (Å²) in [5.74, 6) is 0.685. The van der Waals surface area contributed by atoms with Crippen molar-refractivity contribution in [3.63, 3.8) is 0 Å². The minimum absolute atomic E-state index is 0.476. The maximum Gasteiger partial charge on any atom is 0.261 e. The van der Waals surface area contributed by atoms with Crippen molar-refractivity contribution in [1.29, 1.82) is 0 Å². The second-order valence-corrected chi connectivity index (χ2v) is 3.10. The molecule has 0 heterocycles. The number of thioether (sulfide) groups is 1. The van der Waals surface area contributed by atoms with Crippen LogP contribution in [0.1, 0.15) is 0 Å². The first-order valence-electron chi connectivity index (χ1n) is 3.19. The van der Waals surface area contributed by atoms with Gasteiger partial charge in [-0.05, 0) is 0 Å². The monoisotopic (exact) mass is 179 g/mol. The van der Waals surface area contributed by atoms with E-state index in [2.05, 4.69) is 0 Å². The molecule has 66 valence electrons. The van der Waals surface area contributed by atoms with Crippen molar-refractivity contribution in [2.45, 2.75) is 6.04 Å². The summed E-state index contributed by atoms with van der Waals surface area (Å²) < 4.78 is 0. The molecule has 0 aliphatic rings. The predicted molar refractivity (Wildman–Crippen MR) is 44.3 cm³/mol. The zero-order chi connectivity index (χ0) is 8.69. The highest BCUT2D eigenvalue weighted by molar-refractivity contribution is 7.99. The van der Waals surface area contributed by atoms with Gasteiger partial charge in [0.1, 0.15) is 0 Å². The molecule has 11 heavy (non-hydrogen) atoms. The Bertz CT molecular complexity index is 122. The number of carbonyl (C=O) groups excluding carboxylic acids is 1. The molecule has 5 nitrogen and oxygen atoms in total. The van der Waals surface area contributed by atoms with Gasteiger partial charge in [0.15, 0.2) is 0 Å². The topological polar surface area (TPSA) is 101 Å². The Hall–Kier alpha value is -0.300. The number of hydrogen-bond donors (Lipinski definition) is 4. The van der Waals surface area contributed by atoms with Gasteiger partial charge < -0.3 is 11.5 Å². The third kappa shape index (κ3) is 5.02. The summed E-state index contributed by atoms with van der Waals surface area (Å²) in [6.07, 6.45) is 0. The van der Waals surface area contributed by atoms with Crippen LogP contribution < -0.4 is 16.9 Å². The van der Waals surface area contributed by atoms with Crippen LogP contribution in [0.2, 0.25) is 0 Å². The van der Waals surface area contributed by atoms with Crippen molar-refractivity contribution in [2.75, 3.05) is 18.1 Å². The minimum Gasteiger partial charge on any atom is -0.330 e. The lowest BCUT2D eigenvalue weighted by molar-refractivity contribution is -0.130. The number of hydroxylamine groups is 1. The van der Waals surface area contributed by atoms with Gasteiger partial charge in [-0.15, -0.1) is 0 Å². The van der Waals surface area contributed by atoms with Crippen molar-refractivity contribution < 1.29 is 10.0 Å². The van der Waals surface area contributed by atoms with Gasteiger partial charge in [-0.2, -0.15) is 11.8 Å². The number of amides is 1. The normalized spacial score (nSPS) is 12.6. The molecule has 0 unspecified atom stereocenters. The van der Waals surface area contributed by atoms with Crippen LogP contribution in [0.4, 0.5) is 0 Å². The molecular formula is C5H13N3O2S. The van der Waals surface area contributed by atoms with Gasteiger partial charge in [0, 0.05) is 18.1 Å². The zero-order valence-electron chi connectivity index (χ0n) is 6.12. The van der Waals surface area contributed by atoms with E-state index in [9.17, 15) is 4.79 Å². The first-order valence-corrected chi connectivity index (χ1v) is 4.35. The molecule has 0 spiro atoms. The summed E-state index contributed by atoms with van der Waals surface area (Å²) in [5.41, 5.74) is 12.0. The smallest absolute Gasteiger partial charge is 0.261 e. The van der Waals surface area contributed by atoms with E-state index in [-0.39, 0.29) is 0 Å². The van der Waals surface area contributed by atoms with Crippen LogP contribution in [0.3, 0.4) is 0 Å². The van der Waals surface area contributed by atoms with E-state index in [0.29, 0.717) is 12.3 Å². The van der Waals surface area contributed by atoms with Crippen LogP contribution in [0.15, 0.2) is 0 Å². The highest BCUT2D eigenvalue weighted by atomic mass is 32.2. The molecular weight excluding hydrogens is 166 g/mol. The summed E-state index contributed by atoms with van der Waals surface area (Å²) in [7, 11) is 0. The lowest BCUT2D eigenvalue weighted by Gasteiger charge is -2.07. The van der Waals surface area contributed by atoms with Crippen molar-refractivity contribution >= 4 is 17.7 Å². The average molecular weight is 179 g/mol. The molecule has 6 N–H and O–H groups in total. The summed E-state index contributed by atoms with van der Waals surface area (Å²) in [6, 6.07) is -0.656. The van der Waals surface area contributed by atoms with Gasteiger partial charge in [-0.1, -0.05) is 0 Å². The Morgan fingerprint density at radius 1 is 1.73 bits per heavy atom. The van der Waals surface area contributed by atoms with E-state index in [4.69, 9.17) is 16.7 Å². The zero-order valence-corrected chi connectivity index (χ0v) is 6.93. The molecule has 6 heteroatoms. The molecule has 0 radical (unpaired) electrons. The fourth-order valence-electron chi connectivity index (χ4n) is 0.452. The van der Waals surface area contributed by atoms with E-state index < -0.39 is 11.9 Å². The largest absolute Gasteiger partial charge is 0.330 e. The van der Waals surface area contributed by atoms with Crippen molar-refractivity contribution in [3.05, 3.63) is 0 Å². The van der Waals surface area contributed by atoms with Crippen LogP contribution in [0, 0.1) is 0 Å². The first-order chi connectivity index (χ1) is 5.22. The van der Waals surface area contributed by atoms with Crippen LogP contribution >= 0.6 is 11.8 Å². The average Bonchev–Trinajstić information content (AvgIpc) is 2.03. The summed E-state index contributed by atoms with van der Waals surface area (Å²) in [4.78, 5) is 10.6. The van der Waals surface area contributed by atoms with Crippen molar-refractivity contribution in [2.24, 2.45) is 11.5 Å². The number of hydrogen-bond acceptors (Lipinski definition) is 5. The van der Waals surface area contributed by atoms with E-state index in [1.807, 2.05) is 0 Å². The molecule has 0 aromatic carbocycles. The first kappa shape index (κ1) is 10.7. The van der Waals surface area contributed by atoms with E-state index >= 15 is 0 Å². The van der Waals surface area contributed by atoms with Crippen LogP contribution in [-0.2, 0) is 4.79 Å². The molecule has 0 saturated heterocycles. The standard InChI is InChI=1S/C5H13N3O2S/c6-1-2-11-3-4(7)5(9)8-10/h4,10H,1-3,6-7H2,(H,8,9)/t4-/m0/s1. The highest BCUT2D eigenvalue weighted by Gasteiger charge is 2.10. The lowest BCUT2D eigenvalue weighted by Crippen LogP contribution is -2.40. The van der Waals surface area contributed by atoms with Gasteiger partial charge in [0.25, 0.3) is 5.91 Å². The van der Waals surface area contributed by atoms with Gasteiger partial charge in [-0.25, -0.2) is 5.48 Å². The Labute approximate surface area is 69.5 Å². The highest BCUT2D eigenvalue weighted by Crippen LogP contribution is 1.99. The number of rotatable bonds is 5. The van der Waals surface area contributed by atoms with Gasteiger partial charge in [0.05, 0.1) is 6.04 Å². The third-order valence-electron chi connectivity index (χ3n) is 1.01. The third-order valence-corrected chi connectivity index (χ3v) is 2.13. The van der Waals surface area contributed by atoms with Crippen LogP contribution in [-0.4, -0.2) is 35.2 Å². The Balaban J connectivity index is 3.36. The number of nitrogens with one attached hydrogen (secondary N) is 1. The van der Waals surface area contributed by atoms with Gasteiger partial charge in [0.2, 0.25) is 0 Å². The maximum atomic E-state index is 10.6. The quantitative estimate of drug-likeness (QED) is 0.234. The van der Waals surface area contributed by atoms with Crippen molar-refractivity contribution in [1.82, 2.24) is 5.48 Å². The molecule has 1 amide bonds. The molecule has 0 rings (SSSR count). The number of nitrogens with two attached hydrogens (primary N) is 2. The van der Waals surface area contributed by atoms with Gasteiger partial charge in [-0.3, -0.25) is 10.0 Å². The molecule has 1 atom stereocenters. The van der Waals surface area contributed by atoms with Crippen LogP contribution in [0.5, 0.6) is 0 Å². The van der Waals surface area contributed by atoms with Gasteiger partial charge >= 0.3 is 0 Å². The molecule has 0 fully saturated rings. The van der Waals surface area contributed by atoms with Crippen LogP contribution in [0.25, 0.3) is 0 Å². The van der Waals surface area contributed by atoms with E-state index in [1.165, 1.54) is 17.2 Å². The summed E-state index contributed by atoms with van der Waals surface area (Å²) in [6.45, 7) is 0.568. The Kier molecular flexibility index (Phi) is 6.24. The maximum absolute atomic E-state index is 10.6. The molecule has 0 aliphatic heterocycles. The molecule has 0 aromatic rings. The van der Waals surface area contributed by atoms with Crippen molar-refractivity contribution in [3.8, 4) is 0 Å². The molecule has 0 aliphatic carbocycles.